The monoisotopic (exact) mass is 436 g/mol. The largest absolute Gasteiger partial charge is 0.444 e. The van der Waals surface area contributed by atoms with Crippen LogP contribution in [0.15, 0.2) is 24.3 Å². The Morgan fingerprint density at radius 2 is 1.87 bits per heavy atom. The van der Waals surface area contributed by atoms with Crippen molar-refractivity contribution in [1.29, 1.82) is 5.26 Å². The number of piperazine rings is 1. The number of alkyl carbamates (subject to hydrolysis) is 1. The molecule has 1 aromatic carbocycles. The molecule has 0 aliphatic carbocycles. The standard InChI is InChI=1S/C20H28N4O5S/c1-20(2,3)29-19(26)22-17(13-15-6-5-7-16(12-15)14-21)18(25)23-8-10-24(11-9-23)30(4,27)28/h5-7,12,17H,8-11,13H2,1-4H3,(H,22,26)/t17-/m0/s1. The van der Waals surface area contributed by atoms with Crippen LogP contribution in [0.4, 0.5) is 4.79 Å². The minimum absolute atomic E-state index is 0.180. The second-order valence-electron chi connectivity index (χ2n) is 8.20. The molecular weight excluding hydrogens is 408 g/mol. The number of hydrogen-bond acceptors (Lipinski definition) is 6. The Kier molecular flexibility index (Phi) is 7.44. The molecule has 164 valence electrons. The van der Waals surface area contributed by atoms with Crippen LogP contribution in [-0.4, -0.2) is 73.7 Å². The van der Waals surface area contributed by atoms with Crippen LogP contribution in [0.1, 0.15) is 31.9 Å². The minimum Gasteiger partial charge on any atom is -0.444 e. The Morgan fingerprint density at radius 3 is 2.40 bits per heavy atom. The van der Waals surface area contributed by atoms with Gasteiger partial charge in [0, 0.05) is 32.6 Å². The van der Waals surface area contributed by atoms with Gasteiger partial charge in [0.15, 0.2) is 0 Å². The Labute approximate surface area is 177 Å². The molecule has 0 radical (unpaired) electrons. The second kappa shape index (κ2) is 9.45. The molecule has 9 nitrogen and oxygen atoms in total. The number of nitriles is 1. The van der Waals surface area contributed by atoms with Crippen molar-refractivity contribution in [2.75, 3.05) is 32.4 Å². The van der Waals surface area contributed by atoms with Gasteiger partial charge in [-0.15, -0.1) is 0 Å². The van der Waals surface area contributed by atoms with Crippen LogP contribution in [0.3, 0.4) is 0 Å². The molecule has 1 aliphatic heterocycles. The fourth-order valence-electron chi connectivity index (χ4n) is 3.11. The molecule has 10 heteroatoms. The van der Waals surface area contributed by atoms with E-state index in [1.165, 1.54) is 9.21 Å². The van der Waals surface area contributed by atoms with Crippen molar-refractivity contribution in [1.82, 2.24) is 14.5 Å². The quantitative estimate of drug-likeness (QED) is 0.738. The lowest BCUT2D eigenvalue weighted by molar-refractivity contribution is -0.134. The number of rotatable bonds is 5. The van der Waals surface area contributed by atoms with Crippen LogP contribution >= 0.6 is 0 Å². The Bertz CT molecular complexity index is 925. The molecule has 1 saturated heterocycles. The zero-order valence-corrected chi connectivity index (χ0v) is 18.5. The molecular formula is C20H28N4O5S. The number of nitrogens with one attached hydrogen (secondary N) is 1. The van der Waals surface area contributed by atoms with Crippen molar-refractivity contribution >= 4 is 22.0 Å². The van der Waals surface area contributed by atoms with Gasteiger partial charge in [-0.05, 0) is 38.5 Å². The highest BCUT2D eigenvalue weighted by Crippen LogP contribution is 2.13. The second-order valence-corrected chi connectivity index (χ2v) is 10.2. The first-order chi connectivity index (χ1) is 13.9. The summed E-state index contributed by atoms with van der Waals surface area (Å²) in [6.45, 7) is 6.05. The van der Waals surface area contributed by atoms with Gasteiger partial charge in [0.1, 0.15) is 11.6 Å². The summed E-state index contributed by atoms with van der Waals surface area (Å²) in [5.41, 5.74) is 0.454. The minimum atomic E-state index is -3.32. The summed E-state index contributed by atoms with van der Waals surface area (Å²) in [6.07, 6.45) is 0.603. The first-order valence-electron chi connectivity index (χ1n) is 9.61. The Balaban J connectivity index is 2.16. The van der Waals surface area contributed by atoms with E-state index in [-0.39, 0.29) is 38.5 Å². The van der Waals surface area contributed by atoms with E-state index in [1.807, 2.05) is 0 Å². The van der Waals surface area contributed by atoms with Gasteiger partial charge < -0.3 is 15.0 Å². The number of nitrogens with zero attached hydrogens (tertiary/aromatic N) is 3. The van der Waals surface area contributed by atoms with Gasteiger partial charge in [-0.3, -0.25) is 4.79 Å². The highest BCUT2D eigenvalue weighted by Gasteiger charge is 2.32. The van der Waals surface area contributed by atoms with E-state index >= 15 is 0 Å². The molecule has 1 aliphatic rings. The van der Waals surface area contributed by atoms with Crippen LogP contribution in [0.2, 0.25) is 0 Å². The lowest BCUT2D eigenvalue weighted by Crippen LogP contribution is -2.56. The summed E-state index contributed by atoms with van der Waals surface area (Å²) in [5, 5.41) is 11.7. The highest BCUT2D eigenvalue weighted by atomic mass is 32.2. The number of hydrogen-bond donors (Lipinski definition) is 1. The Morgan fingerprint density at radius 1 is 1.23 bits per heavy atom. The topological polar surface area (TPSA) is 120 Å². The maximum atomic E-state index is 13.1. The number of benzene rings is 1. The SMILES string of the molecule is CC(C)(C)OC(=O)N[C@@H](Cc1cccc(C#N)c1)C(=O)N1CCN(S(C)(=O)=O)CC1. The summed E-state index contributed by atoms with van der Waals surface area (Å²) in [6, 6.07) is 7.97. The van der Waals surface area contributed by atoms with Crippen molar-refractivity contribution in [2.24, 2.45) is 0 Å². The van der Waals surface area contributed by atoms with E-state index in [9.17, 15) is 18.0 Å². The molecule has 1 N–H and O–H groups in total. The van der Waals surface area contributed by atoms with Crippen LogP contribution < -0.4 is 5.32 Å². The summed E-state index contributed by atoms with van der Waals surface area (Å²) >= 11 is 0. The van der Waals surface area contributed by atoms with Crippen LogP contribution in [-0.2, 0) is 26.0 Å². The van der Waals surface area contributed by atoms with Crippen LogP contribution in [0.25, 0.3) is 0 Å². The molecule has 0 unspecified atom stereocenters. The van der Waals surface area contributed by atoms with Crippen LogP contribution in [0.5, 0.6) is 0 Å². The van der Waals surface area contributed by atoms with Gasteiger partial charge in [-0.2, -0.15) is 9.57 Å². The maximum Gasteiger partial charge on any atom is 0.408 e. The predicted molar refractivity (Wildman–Crippen MR) is 111 cm³/mol. The summed E-state index contributed by atoms with van der Waals surface area (Å²) in [7, 11) is -3.32. The number of sulfonamides is 1. The normalized spacial score (nSPS) is 16.4. The third kappa shape index (κ3) is 7.00. The summed E-state index contributed by atoms with van der Waals surface area (Å²) in [5.74, 6) is -0.323. The Hall–Kier alpha value is -2.64. The molecule has 1 aromatic rings. The van der Waals surface area contributed by atoms with E-state index in [2.05, 4.69) is 11.4 Å². The number of ether oxygens (including phenoxy) is 1. The predicted octanol–water partition coefficient (Wildman–Crippen LogP) is 1.10. The van der Waals surface area contributed by atoms with Gasteiger partial charge in [0.25, 0.3) is 0 Å². The van der Waals surface area contributed by atoms with Crippen molar-refractivity contribution < 1.29 is 22.7 Å². The summed E-state index contributed by atoms with van der Waals surface area (Å²) in [4.78, 5) is 27.0. The highest BCUT2D eigenvalue weighted by molar-refractivity contribution is 7.88. The van der Waals surface area contributed by atoms with Crippen molar-refractivity contribution in [3.63, 3.8) is 0 Å². The van der Waals surface area contributed by atoms with Gasteiger partial charge in [-0.25, -0.2) is 13.2 Å². The molecule has 0 saturated carbocycles. The zero-order chi connectivity index (χ0) is 22.5. The molecule has 30 heavy (non-hydrogen) atoms. The number of amides is 2. The van der Waals surface area contributed by atoms with E-state index in [0.717, 1.165) is 11.8 Å². The van der Waals surface area contributed by atoms with E-state index in [4.69, 9.17) is 10.00 Å². The molecule has 2 rings (SSSR count). The first kappa shape index (κ1) is 23.6. The van der Waals surface area contributed by atoms with Gasteiger partial charge in [0.05, 0.1) is 17.9 Å². The smallest absolute Gasteiger partial charge is 0.408 e. The fraction of sp³-hybridized carbons (Fsp3) is 0.550. The molecule has 1 fully saturated rings. The van der Waals surface area contributed by atoms with Crippen molar-refractivity contribution in [2.45, 2.75) is 38.8 Å². The molecule has 2 amide bonds. The molecule has 1 heterocycles. The third-order valence-electron chi connectivity index (χ3n) is 4.50. The van der Waals surface area contributed by atoms with Crippen LogP contribution in [0, 0.1) is 11.3 Å². The van der Waals surface area contributed by atoms with E-state index < -0.39 is 27.8 Å². The molecule has 0 aromatic heterocycles. The van der Waals surface area contributed by atoms with Gasteiger partial charge in [-0.1, -0.05) is 12.1 Å². The average molecular weight is 437 g/mol. The van der Waals surface area contributed by atoms with Crippen molar-refractivity contribution in [3.8, 4) is 6.07 Å². The van der Waals surface area contributed by atoms with Crippen molar-refractivity contribution in [3.05, 3.63) is 35.4 Å². The molecule has 0 spiro atoms. The number of carbonyl (C=O) groups excluding carboxylic acids is 2. The lowest BCUT2D eigenvalue weighted by atomic mass is 10.0. The summed E-state index contributed by atoms with van der Waals surface area (Å²) < 4.78 is 30.0. The van der Waals surface area contributed by atoms with Gasteiger partial charge >= 0.3 is 6.09 Å². The molecule has 1 atom stereocenters. The first-order valence-corrected chi connectivity index (χ1v) is 11.5. The van der Waals surface area contributed by atoms with E-state index in [1.54, 1.807) is 45.0 Å². The number of carbonyl (C=O) groups is 2. The lowest BCUT2D eigenvalue weighted by Gasteiger charge is -2.35. The maximum absolute atomic E-state index is 13.1. The van der Waals surface area contributed by atoms with E-state index in [0.29, 0.717) is 5.56 Å². The fourth-order valence-corrected chi connectivity index (χ4v) is 3.94. The third-order valence-corrected chi connectivity index (χ3v) is 5.81. The van der Waals surface area contributed by atoms with Gasteiger partial charge in [0.2, 0.25) is 15.9 Å². The zero-order valence-electron chi connectivity index (χ0n) is 17.7. The molecule has 0 bridgehead atoms. The average Bonchev–Trinajstić information content (AvgIpc) is 2.65.